The van der Waals surface area contributed by atoms with Crippen molar-refractivity contribution in [3.05, 3.63) is 23.5 Å². The highest BCUT2D eigenvalue weighted by atomic mass is 14.7. The highest BCUT2D eigenvalue weighted by Gasteiger charge is 2.00. The SMILES string of the molecule is CC(C)c1c[nH]c(C#N)c1. The Morgan fingerprint density at radius 2 is 2.30 bits per heavy atom. The molecule has 0 radical (unpaired) electrons. The van der Waals surface area contributed by atoms with Gasteiger partial charge in [-0.15, -0.1) is 0 Å². The second-order valence-electron chi connectivity index (χ2n) is 2.61. The van der Waals surface area contributed by atoms with Crippen molar-refractivity contribution in [2.24, 2.45) is 0 Å². The maximum Gasteiger partial charge on any atom is 0.117 e. The van der Waals surface area contributed by atoms with Crippen LogP contribution in [0.5, 0.6) is 0 Å². The van der Waals surface area contributed by atoms with Gasteiger partial charge in [-0.05, 0) is 17.5 Å². The standard InChI is InChI=1S/C8H10N2/c1-6(2)7-3-8(4-9)10-5-7/h3,5-6,10H,1-2H3. The van der Waals surface area contributed by atoms with Crippen molar-refractivity contribution in [1.82, 2.24) is 4.98 Å². The number of H-pyrrole nitrogens is 1. The van der Waals surface area contributed by atoms with Gasteiger partial charge in [-0.3, -0.25) is 0 Å². The van der Waals surface area contributed by atoms with Gasteiger partial charge in [0.05, 0.1) is 0 Å². The third kappa shape index (κ3) is 1.19. The van der Waals surface area contributed by atoms with E-state index in [0.717, 1.165) is 0 Å². The predicted molar refractivity (Wildman–Crippen MR) is 39.6 cm³/mol. The minimum atomic E-state index is 0.498. The van der Waals surface area contributed by atoms with E-state index in [1.807, 2.05) is 18.3 Å². The van der Waals surface area contributed by atoms with Gasteiger partial charge < -0.3 is 4.98 Å². The summed E-state index contributed by atoms with van der Waals surface area (Å²) >= 11 is 0. The lowest BCUT2D eigenvalue weighted by molar-refractivity contribution is 0.868. The van der Waals surface area contributed by atoms with Crippen molar-refractivity contribution >= 4 is 0 Å². The molecule has 0 saturated carbocycles. The van der Waals surface area contributed by atoms with Gasteiger partial charge in [0.2, 0.25) is 0 Å². The van der Waals surface area contributed by atoms with Gasteiger partial charge in [0.1, 0.15) is 11.8 Å². The number of nitrogens with zero attached hydrogens (tertiary/aromatic N) is 1. The Morgan fingerprint density at radius 1 is 1.60 bits per heavy atom. The zero-order valence-electron chi connectivity index (χ0n) is 6.18. The highest BCUT2D eigenvalue weighted by Crippen LogP contribution is 2.13. The molecule has 1 N–H and O–H groups in total. The van der Waals surface area contributed by atoms with Crippen LogP contribution in [0.2, 0.25) is 0 Å². The maximum absolute atomic E-state index is 8.45. The topological polar surface area (TPSA) is 39.6 Å². The summed E-state index contributed by atoms with van der Waals surface area (Å²) in [4.78, 5) is 2.88. The number of rotatable bonds is 1. The molecule has 1 aromatic heterocycles. The second kappa shape index (κ2) is 2.57. The summed E-state index contributed by atoms with van der Waals surface area (Å²) in [5.41, 5.74) is 1.83. The van der Waals surface area contributed by atoms with E-state index in [2.05, 4.69) is 18.8 Å². The van der Waals surface area contributed by atoms with Crippen molar-refractivity contribution < 1.29 is 0 Å². The summed E-state index contributed by atoms with van der Waals surface area (Å²) in [6.45, 7) is 4.20. The van der Waals surface area contributed by atoms with E-state index >= 15 is 0 Å². The van der Waals surface area contributed by atoms with E-state index in [9.17, 15) is 0 Å². The van der Waals surface area contributed by atoms with Crippen LogP contribution in [0.1, 0.15) is 31.0 Å². The third-order valence-electron chi connectivity index (χ3n) is 1.49. The molecule has 0 spiro atoms. The van der Waals surface area contributed by atoms with Crippen LogP contribution in [0.25, 0.3) is 0 Å². The van der Waals surface area contributed by atoms with E-state index in [-0.39, 0.29) is 0 Å². The molecule has 0 atom stereocenters. The van der Waals surface area contributed by atoms with Gasteiger partial charge in [-0.25, -0.2) is 0 Å². The Kier molecular flexibility index (Phi) is 1.77. The fourth-order valence-corrected chi connectivity index (χ4v) is 0.809. The van der Waals surface area contributed by atoms with Gasteiger partial charge in [-0.1, -0.05) is 13.8 Å². The molecule has 0 amide bonds. The molecule has 1 heterocycles. The Balaban J connectivity index is 2.91. The van der Waals surface area contributed by atoms with Crippen molar-refractivity contribution in [2.45, 2.75) is 19.8 Å². The molecule has 2 nitrogen and oxygen atoms in total. The van der Waals surface area contributed by atoms with Crippen molar-refractivity contribution in [3.8, 4) is 6.07 Å². The quantitative estimate of drug-likeness (QED) is 0.627. The van der Waals surface area contributed by atoms with Crippen LogP contribution < -0.4 is 0 Å². The molecule has 0 aliphatic heterocycles. The summed E-state index contributed by atoms with van der Waals surface area (Å²) in [5, 5.41) is 8.45. The lowest BCUT2D eigenvalue weighted by Crippen LogP contribution is -1.80. The molecule has 0 unspecified atom stereocenters. The number of hydrogen-bond donors (Lipinski definition) is 1. The lowest BCUT2D eigenvalue weighted by Gasteiger charge is -1.96. The summed E-state index contributed by atoms with van der Waals surface area (Å²) in [5.74, 6) is 0.498. The van der Waals surface area contributed by atoms with E-state index < -0.39 is 0 Å². The molecule has 1 aromatic rings. The van der Waals surface area contributed by atoms with Crippen molar-refractivity contribution in [3.63, 3.8) is 0 Å². The third-order valence-corrected chi connectivity index (χ3v) is 1.49. The smallest absolute Gasteiger partial charge is 0.117 e. The van der Waals surface area contributed by atoms with E-state index in [1.165, 1.54) is 5.56 Å². The normalized spacial score (nSPS) is 9.80. The van der Waals surface area contributed by atoms with Crippen LogP contribution >= 0.6 is 0 Å². The molecule has 0 bridgehead atoms. The lowest BCUT2D eigenvalue weighted by atomic mass is 10.1. The summed E-state index contributed by atoms with van der Waals surface area (Å²) in [6.07, 6.45) is 1.88. The maximum atomic E-state index is 8.45. The van der Waals surface area contributed by atoms with Crippen LogP contribution in [0, 0.1) is 11.3 Å². The van der Waals surface area contributed by atoms with Gasteiger partial charge >= 0.3 is 0 Å². The monoisotopic (exact) mass is 134 g/mol. The first-order chi connectivity index (χ1) is 4.74. The molecule has 0 aliphatic carbocycles. The molecule has 10 heavy (non-hydrogen) atoms. The van der Waals surface area contributed by atoms with Crippen molar-refractivity contribution in [2.75, 3.05) is 0 Å². The van der Waals surface area contributed by atoms with E-state index in [0.29, 0.717) is 11.6 Å². The van der Waals surface area contributed by atoms with Crippen LogP contribution in [0.4, 0.5) is 0 Å². The number of aromatic nitrogens is 1. The van der Waals surface area contributed by atoms with E-state index in [1.54, 1.807) is 0 Å². The van der Waals surface area contributed by atoms with Crippen LogP contribution in [-0.2, 0) is 0 Å². The Bertz CT molecular complexity index is 252. The first-order valence-electron chi connectivity index (χ1n) is 3.32. The summed E-state index contributed by atoms with van der Waals surface area (Å²) in [6, 6.07) is 3.93. The Hall–Kier alpha value is -1.23. The summed E-state index contributed by atoms with van der Waals surface area (Å²) < 4.78 is 0. The average molecular weight is 134 g/mol. The van der Waals surface area contributed by atoms with Crippen LogP contribution in [0.3, 0.4) is 0 Å². The predicted octanol–water partition coefficient (Wildman–Crippen LogP) is 2.01. The molecular weight excluding hydrogens is 124 g/mol. The Morgan fingerprint density at radius 3 is 2.60 bits per heavy atom. The molecule has 2 heteroatoms. The van der Waals surface area contributed by atoms with Gasteiger partial charge in [-0.2, -0.15) is 5.26 Å². The number of nitrogens with one attached hydrogen (secondary N) is 1. The molecule has 0 aliphatic rings. The molecule has 0 aromatic carbocycles. The molecule has 52 valence electrons. The van der Waals surface area contributed by atoms with E-state index in [4.69, 9.17) is 5.26 Å². The van der Waals surface area contributed by atoms with Gasteiger partial charge in [0, 0.05) is 6.20 Å². The average Bonchev–Trinajstić information content (AvgIpc) is 2.34. The molecular formula is C8H10N2. The fraction of sp³-hybridized carbons (Fsp3) is 0.375. The molecule has 0 fully saturated rings. The Labute approximate surface area is 60.5 Å². The first kappa shape index (κ1) is 6.88. The number of hydrogen-bond acceptors (Lipinski definition) is 1. The molecule has 1 rings (SSSR count). The fourth-order valence-electron chi connectivity index (χ4n) is 0.809. The highest BCUT2D eigenvalue weighted by molar-refractivity contribution is 5.28. The number of nitriles is 1. The van der Waals surface area contributed by atoms with Crippen molar-refractivity contribution in [1.29, 1.82) is 5.26 Å². The minimum absolute atomic E-state index is 0.498. The van der Waals surface area contributed by atoms with Crippen LogP contribution in [0.15, 0.2) is 12.3 Å². The number of aromatic amines is 1. The molecule has 0 saturated heterocycles. The zero-order chi connectivity index (χ0) is 7.56. The van der Waals surface area contributed by atoms with Gasteiger partial charge in [0.15, 0.2) is 0 Å². The first-order valence-corrected chi connectivity index (χ1v) is 3.32. The second-order valence-corrected chi connectivity index (χ2v) is 2.61. The van der Waals surface area contributed by atoms with Crippen LogP contribution in [-0.4, -0.2) is 4.98 Å². The zero-order valence-corrected chi connectivity index (χ0v) is 6.18. The summed E-state index contributed by atoms with van der Waals surface area (Å²) in [7, 11) is 0. The largest absolute Gasteiger partial charge is 0.353 e. The van der Waals surface area contributed by atoms with Gasteiger partial charge in [0.25, 0.3) is 0 Å². The minimum Gasteiger partial charge on any atom is -0.353 e.